The van der Waals surface area contributed by atoms with E-state index in [9.17, 15) is 4.79 Å². The van der Waals surface area contributed by atoms with E-state index < -0.39 is 0 Å². The Labute approximate surface area is 126 Å². The Kier molecular flexibility index (Phi) is 4.82. The lowest BCUT2D eigenvalue weighted by atomic mass is 10.0. The second kappa shape index (κ2) is 6.80. The van der Waals surface area contributed by atoms with Gasteiger partial charge in [0.25, 0.3) is 0 Å². The Bertz CT molecular complexity index is 474. The first kappa shape index (κ1) is 14.2. The number of Topliss-reactive ketones (excluding diaryl/α,β-unsaturated/α-hetero) is 1. The van der Waals surface area contributed by atoms with Crippen LogP contribution >= 0.6 is 11.8 Å². The van der Waals surface area contributed by atoms with Crippen molar-refractivity contribution in [1.82, 2.24) is 0 Å². The summed E-state index contributed by atoms with van der Waals surface area (Å²) in [5.74, 6) is 1.11. The number of hydrogen-bond donors (Lipinski definition) is 0. The molecule has 1 aromatic carbocycles. The zero-order valence-electron chi connectivity index (χ0n) is 12.2. The van der Waals surface area contributed by atoms with E-state index in [1.807, 2.05) is 11.8 Å². The molecule has 2 heteroatoms. The van der Waals surface area contributed by atoms with Crippen LogP contribution in [0.1, 0.15) is 55.2 Å². The standard InChI is InChI=1S/C18H24OS/c19-17(13-20-18-7-2-1-3-8-18)12-14-9-10-15-5-4-6-16(15)11-14/h9-11,18H,1-8,12-13H2. The SMILES string of the molecule is O=C(CSC1CCCCC1)Cc1ccc2c(c1)CCC2. The molecule has 0 N–H and O–H groups in total. The molecule has 0 amide bonds. The molecule has 0 unspecified atom stereocenters. The fraction of sp³-hybridized carbons (Fsp3) is 0.611. The van der Waals surface area contributed by atoms with Crippen molar-refractivity contribution in [2.45, 2.75) is 63.0 Å². The average molecular weight is 288 g/mol. The molecular weight excluding hydrogens is 264 g/mol. The van der Waals surface area contributed by atoms with Gasteiger partial charge in [-0.05, 0) is 48.8 Å². The second-order valence-corrected chi connectivity index (χ2v) is 7.53. The van der Waals surface area contributed by atoms with Crippen LogP contribution in [0.4, 0.5) is 0 Å². The van der Waals surface area contributed by atoms with Crippen LogP contribution in [0.2, 0.25) is 0 Å². The van der Waals surface area contributed by atoms with E-state index in [0.717, 1.165) is 5.25 Å². The summed E-state index contributed by atoms with van der Waals surface area (Å²) in [5.41, 5.74) is 4.20. The molecule has 1 saturated carbocycles. The molecule has 1 aromatic rings. The van der Waals surface area contributed by atoms with Crippen molar-refractivity contribution in [3.63, 3.8) is 0 Å². The zero-order valence-corrected chi connectivity index (χ0v) is 13.0. The summed E-state index contributed by atoms with van der Waals surface area (Å²) in [7, 11) is 0. The van der Waals surface area contributed by atoms with Gasteiger partial charge in [0, 0.05) is 11.7 Å². The third kappa shape index (κ3) is 3.66. The van der Waals surface area contributed by atoms with Gasteiger partial charge >= 0.3 is 0 Å². The molecule has 0 saturated heterocycles. The van der Waals surface area contributed by atoms with E-state index in [2.05, 4.69) is 18.2 Å². The van der Waals surface area contributed by atoms with E-state index in [1.54, 1.807) is 0 Å². The lowest BCUT2D eigenvalue weighted by Gasteiger charge is -2.20. The van der Waals surface area contributed by atoms with E-state index >= 15 is 0 Å². The van der Waals surface area contributed by atoms with Crippen molar-refractivity contribution < 1.29 is 4.79 Å². The molecule has 1 fully saturated rings. The highest BCUT2D eigenvalue weighted by Gasteiger charge is 2.16. The Morgan fingerprint density at radius 2 is 1.85 bits per heavy atom. The van der Waals surface area contributed by atoms with E-state index in [4.69, 9.17) is 0 Å². The van der Waals surface area contributed by atoms with Crippen molar-refractivity contribution >= 4 is 17.5 Å². The molecule has 20 heavy (non-hydrogen) atoms. The largest absolute Gasteiger partial charge is 0.298 e. The average Bonchev–Trinajstić information content (AvgIpc) is 2.94. The van der Waals surface area contributed by atoms with Gasteiger partial charge in [-0.1, -0.05) is 37.5 Å². The molecule has 0 aromatic heterocycles. The van der Waals surface area contributed by atoms with E-state index in [0.29, 0.717) is 18.0 Å². The molecule has 0 aliphatic heterocycles. The normalized spacial score (nSPS) is 19.0. The fourth-order valence-corrected chi connectivity index (χ4v) is 4.65. The van der Waals surface area contributed by atoms with Gasteiger partial charge in [-0.3, -0.25) is 4.79 Å². The van der Waals surface area contributed by atoms with Gasteiger partial charge in [-0.25, -0.2) is 0 Å². The summed E-state index contributed by atoms with van der Waals surface area (Å²) < 4.78 is 0. The van der Waals surface area contributed by atoms with Crippen LogP contribution in [-0.4, -0.2) is 16.8 Å². The molecule has 2 aliphatic rings. The molecule has 1 nitrogen and oxygen atoms in total. The predicted octanol–water partition coefficient (Wildman–Crippen LogP) is 4.35. The summed E-state index contributed by atoms with van der Waals surface area (Å²) in [6.45, 7) is 0. The smallest absolute Gasteiger partial charge is 0.147 e. The monoisotopic (exact) mass is 288 g/mol. The van der Waals surface area contributed by atoms with Crippen LogP contribution in [0.25, 0.3) is 0 Å². The molecule has 2 aliphatic carbocycles. The molecule has 108 valence electrons. The van der Waals surface area contributed by atoms with Crippen LogP contribution in [-0.2, 0) is 24.1 Å². The van der Waals surface area contributed by atoms with Crippen LogP contribution in [0, 0.1) is 0 Å². The van der Waals surface area contributed by atoms with Crippen molar-refractivity contribution in [1.29, 1.82) is 0 Å². The number of rotatable bonds is 5. The highest BCUT2D eigenvalue weighted by atomic mass is 32.2. The molecule has 3 rings (SSSR count). The first-order valence-electron chi connectivity index (χ1n) is 8.05. The maximum atomic E-state index is 12.1. The number of carbonyl (C=O) groups excluding carboxylic acids is 1. The number of aryl methyl sites for hydroxylation is 2. The van der Waals surface area contributed by atoms with Gasteiger partial charge in [0.1, 0.15) is 5.78 Å². The molecule has 0 atom stereocenters. The minimum Gasteiger partial charge on any atom is -0.298 e. The van der Waals surface area contributed by atoms with Gasteiger partial charge in [0.2, 0.25) is 0 Å². The van der Waals surface area contributed by atoms with Gasteiger partial charge in [-0.15, -0.1) is 0 Å². The Morgan fingerprint density at radius 1 is 1.05 bits per heavy atom. The van der Waals surface area contributed by atoms with Crippen LogP contribution in [0.5, 0.6) is 0 Å². The number of benzene rings is 1. The van der Waals surface area contributed by atoms with Gasteiger partial charge in [-0.2, -0.15) is 11.8 Å². The Hall–Kier alpha value is -0.760. The molecule has 0 heterocycles. The Morgan fingerprint density at radius 3 is 2.70 bits per heavy atom. The first-order valence-corrected chi connectivity index (χ1v) is 9.10. The number of fused-ring (bicyclic) bond motifs is 1. The Balaban J connectivity index is 1.48. The summed E-state index contributed by atoms with van der Waals surface area (Å²) >= 11 is 1.90. The highest BCUT2D eigenvalue weighted by molar-refractivity contribution is 8.00. The van der Waals surface area contributed by atoms with E-state index in [-0.39, 0.29) is 0 Å². The van der Waals surface area contributed by atoms with Crippen molar-refractivity contribution in [3.8, 4) is 0 Å². The zero-order chi connectivity index (χ0) is 13.8. The summed E-state index contributed by atoms with van der Waals surface area (Å²) in [6, 6.07) is 6.66. The third-order valence-electron chi connectivity index (χ3n) is 4.60. The number of hydrogen-bond acceptors (Lipinski definition) is 2. The minimum absolute atomic E-state index is 0.401. The van der Waals surface area contributed by atoms with Crippen molar-refractivity contribution in [2.24, 2.45) is 0 Å². The van der Waals surface area contributed by atoms with E-state index in [1.165, 1.54) is 68.1 Å². The second-order valence-electron chi connectivity index (χ2n) is 6.24. The molecular formula is C18H24OS. The molecule has 0 radical (unpaired) electrons. The minimum atomic E-state index is 0.401. The number of carbonyl (C=O) groups is 1. The maximum absolute atomic E-state index is 12.1. The number of thioether (sulfide) groups is 1. The highest BCUT2D eigenvalue weighted by Crippen LogP contribution is 2.28. The van der Waals surface area contributed by atoms with Crippen molar-refractivity contribution in [2.75, 3.05) is 5.75 Å². The van der Waals surface area contributed by atoms with Crippen molar-refractivity contribution in [3.05, 3.63) is 34.9 Å². The fourth-order valence-electron chi connectivity index (χ4n) is 3.46. The third-order valence-corrected chi connectivity index (χ3v) is 6.03. The summed E-state index contributed by atoms with van der Waals surface area (Å²) in [6.07, 6.45) is 11.1. The lowest BCUT2D eigenvalue weighted by Crippen LogP contribution is -2.13. The maximum Gasteiger partial charge on any atom is 0.147 e. The molecule has 0 spiro atoms. The van der Waals surface area contributed by atoms with Crippen LogP contribution in [0.3, 0.4) is 0 Å². The summed E-state index contributed by atoms with van der Waals surface area (Å²) in [5, 5.41) is 0.743. The summed E-state index contributed by atoms with van der Waals surface area (Å²) in [4.78, 5) is 12.1. The first-order chi connectivity index (χ1) is 9.81. The molecule has 0 bridgehead atoms. The lowest BCUT2D eigenvalue weighted by molar-refractivity contribution is -0.116. The predicted molar refractivity (Wildman–Crippen MR) is 86.5 cm³/mol. The van der Waals surface area contributed by atoms with Gasteiger partial charge in [0.05, 0.1) is 5.75 Å². The van der Waals surface area contributed by atoms with Gasteiger partial charge < -0.3 is 0 Å². The quantitative estimate of drug-likeness (QED) is 0.801. The van der Waals surface area contributed by atoms with Gasteiger partial charge in [0.15, 0.2) is 0 Å². The van der Waals surface area contributed by atoms with Crippen LogP contribution < -0.4 is 0 Å². The topological polar surface area (TPSA) is 17.1 Å². The number of ketones is 1. The van der Waals surface area contributed by atoms with Crippen LogP contribution in [0.15, 0.2) is 18.2 Å².